The van der Waals surface area contributed by atoms with E-state index in [9.17, 15) is 0 Å². The Kier molecular flexibility index (Phi) is 4.26. The van der Waals surface area contributed by atoms with Gasteiger partial charge in [-0.3, -0.25) is 9.97 Å². The number of fused-ring (bicyclic) bond motifs is 3. The van der Waals surface area contributed by atoms with Crippen molar-refractivity contribution in [3.8, 4) is 11.3 Å². The first kappa shape index (κ1) is 17.7. The van der Waals surface area contributed by atoms with Crippen molar-refractivity contribution in [2.45, 2.75) is 54.0 Å². The molecule has 138 valence electrons. The van der Waals surface area contributed by atoms with Gasteiger partial charge in [-0.1, -0.05) is 24.6 Å². The minimum Gasteiger partial charge on any atom is -0.344 e. The fourth-order valence-electron chi connectivity index (χ4n) is 4.31. The van der Waals surface area contributed by atoms with Crippen molar-refractivity contribution in [3.63, 3.8) is 0 Å². The van der Waals surface area contributed by atoms with Gasteiger partial charge in [-0.25, -0.2) is 0 Å². The lowest BCUT2D eigenvalue weighted by Crippen LogP contribution is -2.03. The fourth-order valence-corrected chi connectivity index (χ4v) is 4.31. The zero-order chi connectivity index (χ0) is 19.3. The van der Waals surface area contributed by atoms with Gasteiger partial charge in [-0.05, 0) is 64.3 Å². The van der Waals surface area contributed by atoms with Crippen LogP contribution in [0.4, 0.5) is 0 Å². The predicted octanol–water partition coefficient (Wildman–Crippen LogP) is 6.46. The van der Waals surface area contributed by atoms with Gasteiger partial charge in [0.05, 0.1) is 16.7 Å². The van der Waals surface area contributed by atoms with Crippen LogP contribution in [0.25, 0.3) is 33.1 Å². The van der Waals surface area contributed by atoms with Crippen LogP contribution in [0, 0.1) is 27.7 Å². The molecule has 27 heavy (non-hydrogen) atoms. The van der Waals surface area contributed by atoms with Gasteiger partial charge >= 0.3 is 0 Å². The molecule has 0 spiro atoms. The standard InChI is InChI=1S/C24H27N3/c1-7-17(5)27-11-9-19-18(6)26-22-20(24(19)27)8-10-25-23(22)21-15(3)12-14(2)13-16(21)4/h8-13,17H,7H2,1-6H3. The fraction of sp³-hybridized carbons (Fsp3) is 0.333. The number of nitrogens with zero attached hydrogens (tertiary/aromatic N) is 3. The van der Waals surface area contributed by atoms with E-state index in [2.05, 4.69) is 76.6 Å². The summed E-state index contributed by atoms with van der Waals surface area (Å²) < 4.78 is 2.39. The Morgan fingerprint density at radius 3 is 2.37 bits per heavy atom. The van der Waals surface area contributed by atoms with E-state index >= 15 is 0 Å². The maximum absolute atomic E-state index is 5.01. The van der Waals surface area contributed by atoms with E-state index in [0.717, 1.165) is 23.3 Å². The Bertz CT molecular complexity index is 1140. The second-order valence-electron chi connectivity index (χ2n) is 7.77. The van der Waals surface area contributed by atoms with Gasteiger partial charge in [0.25, 0.3) is 0 Å². The van der Waals surface area contributed by atoms with E-state index in [0.29, 0.717) is 6.04 Å². The molecule has 3 nitrogen and oxygen atoms in total. The molecule has 3 heterocycles. The molecule has 1 unspecified atom stereocenters. The van der Waals surface area contributed by atoms with Crippen molar-refractivity contribution in [2.75, 3.05) is 0 Å². The first-order valence-corrected chi connectivity index (χ1v) is 9.76. The summed E-state index contributed by atoms with van der Waals surface area (Å²) >= 11 is 0. The maximum atomic E-state index is 5.01. The molecule has 0 aliphatic rings. The molecule has 0 saturated heterocycles. The normalized spacial score (nSPS) is 12.8. The van der Waals surface area contributed by atoms with Crippen LogP contribution in [0.3, 0.4) is 0 Å². The van der Waals surface area contributed by atoms with Crippen molar-refractivity contribution >= 4 is 21.8 Å². The van der Waals surface area contributed by atoms with Crippen LogP contribution in [0.2, 0.25) is 0 Å². The zero-order valence-corrected chi connectivity index (χ0v) is 17.1. The molecular weight excluding hydrogens is 330 g/mol. The predicted molar refractivity (Wildman–Crippen MR) is 114 cm³/mol. The Labute approximate surface area is 161 Å². The van der Waals surface area contributed by atoms with Gasteiger partial charge in [-0.2, -0.15) is 0 Å². The SMILES string of the molecule is CCC(C)n1ccc2c(C)nc3c(-c4c(C)cc(C)cc4C)nccc3c21. The molecule has 4 aromatic rings. The third-order valence-corrected chi connectivity index (χ3v) is 5.74. The van der Waals surface area contributed by atoms with Crippen LogP contribution in [0.1, 0.15) is 48.7 Å². The van der Waals surface area contributed by atoms with Crippen molar-refractivity contribution in [3.05, 3.63) is 59.0 Å². The number of hydrogen-bond donors (Lipinski definition) is 0. The summed E-state index contributed by atoms with van der Waals surface area (Å²) in [4.78, 5) is 9.79. The number of aromatic nitrogens is 3. The second-order valence-corrected chi connectivity index (χ2v) is 7.77. The molecule has 3 heteroatoms. The van der Waals surface area contributed by atoms with Gasteiger partial charge in [-0.15, -0.1) is 0 Å². The van der Waals surface area contributed by atoms with Gasteiger partial charge in [0.2, 0.25) is 0 Å². The number of rotatable bonds is 3. The molecule has 0 radical (unpaired) electrons. The van der Waals surface area contributed by atoms with Gasteiger partial charge < -0.3 is 4.57 Å². The summed E-state index contributed by atoms with van der Waals surface area (Å²) in [6.45, 7) is 13.1. The molecule has 1 atom stereocenters. The first-order valence-electron chi connectivity index (χ1n) is 9.76. The molecule has 0 aliphatic carbocycles. The van der Waals surface area contributed by atoms with E-state index in [4.69, 9.17) is 9.97 Å². The average Bonchev–Trinajstić information content (AvgIpc) is 3.07. The maximum Gasteiger partial charge on any atom is 0.0989 e. The monoisotopic (exact) mass is 357 g/mol. The van der Waals surface area contributed by atoms with Crippen LogP contribution < -0.4 is 0 Å². The highest BCUT2D eigenvalue weighted by Gasteiger charge is 2.18. The lowest BCUT2D eigenvalue weighted by atomic mass is 9.95. The Balaban J connectivity index is 2.13. The smallest absolute Gasteiger partial charge is 0.0989 e. The summed E-state index contributed by atoms with van der Waals surface area (Å²) in [5, 5.41) is 2.42. The van der Waals surface area contributed by atoms with Crippen LogP contribution in [-0.4, -0.2) is 14.5 Å². The molecule has 0 fully saturated rings. The number of hydrogen-bond acceptors (Lipinski definition) is 2. The summed E-state index contributed by atoms with van der Waals surface area (Å²) in [6, 6.07) is 9.23. The minimum absolute atomic E-state index is 0.451. The molecule has 0 saturated carbocycles. The van der Waals surface area contributed by atoms with Crippen LogP contribution in [0.5, 0.6) is 0 Å². The highest BCUT2D eigenvalue weighted by atomic mass is 15.0. The van der Waals surface area contributed by atoms with E-state index in [1.807, 2.05) is 6.20 Å². The first-order chi connectivity index (χ1) is 12.9. The van der Waals surface area contributed by atoms with Gasteiger partial charge in [0, 0.05) is 40.5 Å². The van der Waals surface area contributed by atoms with E-state index in [-0.39, 0.29) is 0 Å². The van der Waals surface area contributed by atoms with E-state index in [1.165, 1.54) is 38.5 Å². The van der Waals surface area contributed by atoms with Crippen molar-refractivity contribution < 1.29 is 0 Å². The number of pyridine rings is 2. The van der Waals surface area contributed by atoms with Crippen molar-refractivity contribution in [1.82, 2.24) is 14.5 Å². The van der Waals surface area contributed by atoms with Gasteiger partial charge in [0.15, 0.2) is 0 Å². The molecule has 1 aromatic carbocycles. The van der Waals surface area contributed by atoms with E-state index in [1.54, 1.807) is 0 Å². The van der Waals surface area contributed by atoms with Crippen LogP contribution in [0.15, 0.2) is 36.7 Å². The van der Waals surface area contributed by atoms with Gasteiger partial charge in [0.1, 0.15) is 0 Å². The van der Waals surface area contributed by atoms with E-state index < -0.39 is 0 Å². The topological polar surface area (TPSA) is 30.7 Å². The molecule has 0 aliphatic heterocycles. The Hall–Kier alpha value is -2.68. The minimum atomic E-state index is 0.451. The molecule has 0 N–H and O–H groups in total. The van der Waals surface area contributed by atoms with Crippen molar-refractivity contribution in [2.24, 2.45) is 0 Å². The highest BCUT2D eigenvalue weighted by Crippen LogP contribution is 2.36. The third kappa shape index (κ3) is 2.73. The Morgan fingerprint density at radius 2 is 1.70 bits per heavy atom. The largest absolute Gasteiger partial charge is 0.344 e. The van der Waals surface area contributed by atoms with Crippen LogP contribution >= 0.6 is 0 Å². The molecule has 0 amide bonds. The molecule has 4 rings (SSSR count). The molecular formula is C24H27N3. The number of aryl methyl sites for hydroxylation is 4. The average molecular weight is 358 g/mol. The second kappa shape index (κ2) is 6.49. The summed E-state index contributed by atoms with van der Waals surface area (Å²) in [5.74, 6) is 0. The lowest BCUT2D eigenvalue weighted by molar-refractivity contribution is 0.549. The Morgan fingerprint density at radius 1 is 1.00 bits per heavy atom. The lowest BCUT2D eigenvalue weighted by Gasteiger charge is -2.17. The summed E-state index contributed by atoms with van der Waals surface area (Å²) in [6.07, 6.45) is 5.23. The van der Waals surface area contributed by atoms with Crippen molar-refractivity contribution in [1.29, 1.82) is 0 Å². The molecule has 3 aromatic heterocycles. The number of benzene rings is 1. The highest BCUT2D eigenvalue weighted by molar-refractivity contribution is 6.09. The quantitative estimate of drug-likeness (QED) is 0.421. The summed E-state index contributed by atoms with van der Waals surface area (Å²) in [7, 11) is 0. The molecule has 0 bridgehead atoms. The third-order valence-electron chi connectivity index (χ3n) is 5.74. The summed E-state index contributed by atoms with van der Waals surface area (Å²) in [5.41, 5.74) is 9.33. The van der Waals surface area contributed by atoms with Crippen LogP contribution in [-0.2, 0) is 0 Å². The zero-order valence-electron chi connectivity index (χ0n) is 17.1.